The van der Waals surface area contributed by atoms with Crippen LogP contribution < -0.4 is 5.32 Å². The molecule has 0 amide bonds. The largest absolute Gasteiger partial charge is 0.302 e. The minimum atomic E-state index is 0.252. The van der Waals surface area contributed by atoms with Gasteiger partial charge in [-0.05, 0) is 43.5 Å². The molecule has 0 aliphatic rings. The van der Waals surface area contributed by atoms with Gasteiger partial charge < -0.3 is 5.32 Å². The van der Waals surface area contributed by atoms with Gasteiger partial charge in [-0.2, -0.15) is 0 Å². The second-order valence-electron chi connectivity index (χ2n) is 4.96. The molecule has 100 valence electrons. The fraction of sp³-hybridized carbons (Fsp3) is 0.353. The second-order valence-corrected chi connectivity index (χ2v) is 4.96. The van der Waals surface area contributed by atoms with Crippen LogP contribution in [0, 0.1) is 0 Å². The highest BCUT2D eigenvalue weighted by molar-refractivity contribution is 5.25. The zero-order valence-corrected chi connectivity index (χ0v) is 11.9. The highest BCUT2D eigenvalue weighted by Crippen LogP contribution is 2.18. The Kier molecular flexibility index (Phi) is 4.69. The van der Waals surface area contributed by atoms with E-state index in [9.17, 15) is 0 Å². The fourth-order valence-electron chi connectivity index (χ4n) is 2.23. The Balaban J connectivity index is 2.02. The molecule has 1 aromatic carbocycles. The Morgan fingerprint density at radius 2 is 1.74 bits per heavy atom. The lowest BCUT2D eigenvalue weighted by atomic mass is 10.0. The molecule has 0 aliphatic carbocycles. The molecular formula is C17H22N2. The van der Waals surface area contributed by atoms with Crippen LogP contribution >= 0.6 is 0 Å². The third-order valence-electron chi connectivity index (χ3n) is 3.52. The third kappa shape index (κ3) is 3.65. The number of benzene rings is 1. The maximum Gasteiger partial charge on any atom is 0.0570 e. The summed E-state index contributed by atoms with van der Waals surface area (Å²) in [6, 6.07) is 15.4. The van der Waals surface area contributed by atoms with E-state index in [1.54, 1.807) is 0 Å². The molecule has 19 heavy (non-hydrogen) atoms. The van der Waals surface area contributed by atoms with E-state index in [1.165, 1.54) is 11.1 Å². The quantitative estimate of drug-likeness (QED) is 0.870. The molecule has 1 heterocycles. The Labute approximate surface area is 115 Å². The van der Waals surface area contributed by atoms with E-state index in [-0.39, 0.29) is 6.04 Å². The van der Waals surface area contributed by atoms with Crippen molar-refractivity contribution in [1.82, 2.24) is 10.3 Å². The van der Waals surface area contributed by atoms with Crippen molar-refractivity contribution in [3.05, 3.63) is 65.5 Å². The highest BCUT2D eigenvalue weighted by atomic mass is 15.0. The summed E-state index contributed by atoms with van der Waals surface area (Å²) in [6.07, 6.45) is 2.93. The molecule has 2 nitrogen and oxygen atoms in total. The molecular weight excluding hydrogens is 232 g/mol. The minimum absolute atomic E-state index is 0.252. The molecule has 2 rings (SSSR count). The summed E-state index contributed by atoms with van der Waals surface area (Å²) in [4.78, 5) is 4.39. The maximum atomic E-state index is 4.39. The van der Waals surface area contributed by atoms with Gasteiger partial charge in [-0.3, -0.25) is 4.98 Å². The normalized spacial score (nSPS) is 14.1. The first-order valence-electron chi connectivity index (χ1n) is 6.96. The summed E-state index contributed by atoms with van der Waals surface area (Å²) < 4.78 is 0. The van der Waals surface area contributed by atoms with Crippen molar-refractivity contribution < 1.29 is 0 Å². The van der Waals surface area contributed by atoms with Crippen molar-refractivity contribution in [2.75, 3.05) is 0 Å². The van der Waals surface area contributed by atoms with E-state index in [0.717, 1.165) is 12.1 Å². The van der Waals surface area contributed by atoms with E-state index in [1.807, 2.05) is 18.3 Å². The molecule has 0 spiro atoms. The van der Waals surface area contributed by atoms with Crippen molar-refractivity contribution in [3.63, 3.8) is 0 Å². The Bertz CT molecular complexity index is 490. The lowest BCUT2D eigenvalue weighted by Gasteiger charge is -2.20. The molecule has 2 heteroatoms. The number of hydrogen-bond donors (Lipinski definition) is 1. The van der Waals surface area contributed by atoms with Gasteiger partial charge >= 0.3 is 0 Å². The van der Waals surface area contributed by atoms with E-state index < -0.39 is 0 Å². The van der Waals surface area contributed by atoms with Crippen LogP contribution in [0.2, 0.25) is 0 Å². The van der Waals surface area contributed by atoms with E-state index in [4.69, 9.17) is 0 Å². The SMILES string of the molecule is CCc1ccc(C(C)N[C@H](C)c2ccccn2)cc1. The summed E-state index contributed by atoms with van der Waals surface area (Å²) in [6.45, 7) is 6.53. The molecule has 1 N–H and O–H groups in total. The first-order valence-corrected chi connectivity index (χ1v) is 6.96. The maximum absolute atomic E-state index is 4.39. The second kappa shape index (κ2) is 6.48. The van der Waals surface area contributed by atoms with Crippen LogP contribution in [0.4, 0.5) is 0 Å². The minimum Gasteiger partial charge on any atom is -0.302 e. The number of nitrogens with one attached hydrogen (secondary N) is 1. The van der Waals surface area contributed by atoms with Gasteiger partial charge in [0.15, 0.2) is 0 Å². The van der Waals surface area contributed by atoms with Gasteiger partial charge in [-0.1, -0.05) is 37.3 Å². The summed E-state index contributed by atoms with van der Waals surface area (Å²) in [5.41, 5.74) is 3.79. The molecule has 0 saturated carbocycles. The first kappa shape index (κ1) is 13.8. The number of rotatable bonds is 5. The predicted octanol–water partition coefficient (Wildman–Crippen LogP) is 4.06. The monoisotopic (exact) mass is 254 g/mol. The van der Waals surface area contributed by atoms with Crippen molar-refractivity contribution in [2.45, 2.75) is 39.3 Å². The summed E-state index contributed by atoms with van der Waals surface area (Å²) >= 11 is 0. The summed E-state index contributed by atoms with van der Waals surface area (Å²) in [5.74, 6) is 0. The van der Waals surface area contributed by atoms with Crippen LogP contribution in [0.25, 0.3) is 0 Å². The van der Waals surface area contributed by atoms with Gasteiger partial charge in [0, 0.05) is 18.3 Å². The molecule has 2 aromatic rings. The molecule has 0 saturated heterocycles. The predicted molar refractivity (Wildman–Crippen MR) is 80.0 cm³/mol. The number of nitrogens with zero attached hydrogens (tertiary/aromatic N) is 1. The van der Waals surface area contributed by atoms with Gasteiger partial charge in [-0.15, -0.1) is 0 Å². The number of pyridine rings is 1. The Hall–Kier alpha value is -1.67. The van der Waals surface area contributed by atoms with Crippen LogP contribution in [0.1, 0.15) is 49.7 Å². The first-order chi connectivity index (χ1) is 9.20. The third-order valence-corrected chi connectivity index (χ3v) is 3.52. The highest BCUT2D eigenvalue weighted by Gasteiger charge is 2.11. The zero-order chi connectivity index (χ0) is 13.7. The number of aryl methyl sites for hydroxylation is 1. The number of hydrogen-bond acceptors (Lipinski definition) is 2. The number of aromatic nitrogens is 1. The molecule has 2 atom stereocenters. The zero-order valence-electron chi connectivity index (χ0n) is 11.9. The average molecular weight is 254 g/mol. The standard InChI is InChI=1S/C17H22N2/c1-4-15-8-10-16(11-9-15)13(2)19-14(3)17-7-5-6-12-18-17/h5-14,19H,4H2,1-3H3/t13?,14-/m1/s1. The van der Waals surface area contributed by atoms with E-state index in [0.29, 0.717) is 6.04 Å². The Morgan fingerprint density at radius 1 is 1.00 bits per heavy atom. The van der Waals surface area contributed by atoms with Crippen molar-refractivity contribution in [3.8, 4) is 0 Å². The van der Waals surface area contributed by atoms with Gasteiger partial charge in [0.25, 0.3) is 0 Å². The molecule has 0 radical (unpaired) electrons. The van der Waals surface area contributed by atoms with Crippen molar-refractivity contribution >= 4 is 0 Å². The topological polar surface area (TPSA) is 24.9 Å². The van der Waals surface area contributed by atoms with Crippen LogP contribution in [-0.2, 0) is 6.42 Å². The van der Waals surface area contributed by atoms with Crippen LogP contribution in [-0.4, -0.2) is 4.98 Å². The van der Waals surface area contributed by atoms with Gasteiger partial charge in [0.1, 0.15) is 0 Å². The average Bonchev–Trinajstić information content (AvgIpc) is 2.48. The molecule has 0 bridgehead atoms. The molecule has 1 unspecified atom stereocenters. The smallest absolute Gasteiger partial charge is 0.0570 e. The van der Waals surface area contributed by atoms with Gasteiger partial charge in [0.05, 0.1) is 5.69 Å². The van der Waals surface area contributed by atoms with E-state index in [2.05, 4.69) is 61.4 Å². The van der Waals surface area contributed by atoms with Crippen molar-refractivity contribution in [1.29, 1.82) is 0 Å². The van der Waals surface area contributed by atoms with Crippen molar-refractivity contribution in [2.24, 2.45) is 0 Å². The summed E-state index contributed by atoms with van der Waals surface area (Å²) in [5, 5.41) is 3.59. The fourth-order valence-corrected chi connectivity index (χ4v) is 2.23. The van der Waals surface area contributed by atoms with Gasteiger partial charge in [0.2, 0.25) is 0 Å². The molecule has 0 fully saturated rings. The van der Waals surface area contributed by atoms with Crippen LogP contribution in [0.15, 0.2) is 48.7 Å². The summed E-state index contributed by atoms with van der Waals surface area (Å²) in [7, 11) is 0. The van der Waals surface area contributed by atoms with Gasteiger partial charge in [-0.25, -0.2) is 0 Å². The molecule has 1 aromatic heterocycles. The lowest BCUT2D eigenvalue weighted by molar-refractivity contribution is 0.486. The van der Waals surface area contributed by atoms with Crippen LogP contribution in [0.5, 0.6) is 0 Å². The lowest BCUT2D eigenvalue weighted by Crippen LogP contribution is -2.23. The van der Waals surface area contributed by atoms with E-state index >= 15 is 0 Å². The Morgan fingerprint density at radius 3 is 2.32 bits per heavy atom. The molecule has 0 aliphatic heterocycles. The van der Waals surface area contributed by atoms with Crippen LogP contribution in [0.3, 0.4) is 0 Å².